The van der Waals surface area contributed by atoms with Gasteiger partial charge in [-0.25, -0.2) is 19.7 Å². The molecular weight excluding hydrogens is 467 g/mol. The van der Waals surface area contributed by atoms with Gasteiger partial charge in [0.2, 0.25) is 5.60 Å². The van der Waals surface area contributed by atoms with Crippen molar-refractivity contribution < 1.29 is 33.0 Å². The van der Waals surface area contributed by atoms with Crippen molar-refractivity contribution in [2.45, 2.75) is 25.1 Å². The Bertz CT molecular complexity index is 1370. The summed E-state index contributed by atoms with van der Waals surface area (Å²) in [6.07, 6.45) is -1.35. The molecule has 1 atom stereocenters. The fourth-order valence-corrected chi connectivity index (χ4v) is 3.18. The number of pyridine rings is 1. The second-order valence-corrected chi connectivity index (χ2v) is 7.75. The number of nitrogen functional groups attached to an aromatic ring is 1. The van der Waals surface area contributed by atoms with Crippen LogP contribution in [-0.4, -0.2) is 67.3 Å². The molecule has 1 fully saturated rings. The molecule has 3 heterocycles. The average Bonchev–Trinajstić information content (AvgIpc) is 3.08. The van der Waals surface area contributed by atoms with E-state index in [1.165, 1.54) is 4.90 Å². The number of carboxylic acids is 1. The monoisotopic (exact) mass is 487 g/mol. The van der Waals surface area contributed by atoms with Gasteiger partial charge in [-0.15, -0.1) is 0 Å². The molecule has 4 rings (SSSR count). The number of carbonyl (C=O) groups is 2. The molecule has 9 nitrogen and oxygen atoms in total. The molecule has 1 aromatic carbocycles. The van der Waals surface area contributed by atoms with Crippen LogP contribution >= 0.6 is 0 Å². The lowest BCUT2D eigenvalue weighted by atomic mass is 10.0. The number of likely N-dealkylation sites (tertiary alicyclic amines) is 1. The number of likely N-dealkylation sites (N-methyl/N-ethyl adjacent to an activating group) is 1. The maximum atomic E-state index is 12.1. The van der Waals surface area contributed by atoms with Crippen molar-refractivity contribution in [2.75, 3.05) is 19.3 Å². The minimum atomic E-state index is -5.08. The highest BCUT2D eigenvalue weighted by Gasteiger charge is 2.42. The van der Waals surface area contributed by atoms with Gasteiger partial charge in [0, 0.05) is 48.9 Å². The van der Waals surface area contributed by atoms with Gasteiger partial charge < -0.3 is 20.8 Å². The van der Waals surface area contributed by atoms with E-state index in [4.69, 9.17) is 15.6 Å². The largest absolute Gasteiger partial charge is 0.490 e. The Labute approximate surface area is 197 Å². The zero-order valence-electron chi connectivity index (χ0n) is 18.6. The summed E-state index contributed by atoms with van der Waals surface area (Å²) in [7, 11) is 1.65. The molecule has 35 heavy (non-hydrogen) atoms. The van der Waals surface area contributed by atoms with E-state index in [1.807, 2.05) is 31.2 Å². The van der Waals surface area contributed by atoms with Crippen LogP contribution in [0.15, 0.2) is 36.7 Å². The van der Waals surface area contributed by atoms with E-state index in [9.17, 15) is 23.1 Å². The predicted octanol–water partition coefficient (Wildman–Crippen LogP) is 2.16. The van der Waals surface area contributed by atoms with Gasteiger partial charge in [0.1, 0.15) is 11.3 Å². The highest BCUT2D eigenvalue weighted by Crippen LogP contribution is 2.24. The summed E-state index contributed by atoms with van der Waals surface area (Å²) in [6, 6.07) is 7.33. The van der Waals surface area contributed by atoms with Crippen LogP contribution < -0.4 is 5.73 Å². The number of amides is 1. The predicted molar refractivity (Wildman–Crippen MR) is 120 cm³/mol. The molecule has 182 valence electrons. The number of hydrogen-bond donors (Lipinski definition) is 3. The van der Waals surface area contributed by atoms with Gasteiger partial charge >= 0.3 is 12.1 Å². The van der Waals surface area contributed by atoms with Crippen molar-refractivity contribution in [2.24, 2.45) is 0 Å². The summed E-state index contributed by atoms with van der Waals surface area (Å²) in [4.78, 5) is 35.6. The zero-order chi connectivity index (χ0) is 26.0. The molecule has 12 heteroatoms. The first-order valence-electron chi connectivity index (χ1n) is 10.1. The van der Waals surface area contributed by atoms with Crippen LogP contribution in [-0.2, 0) is 9.59 Å². The molecule has 2 aromatic heterocycles. The molecule has 1 aliphatic heterocycles. The van der Waals surface area contributed by atoms with Gasteiger partial charge in [-0.3, -0.25) is 4.79 Å². The van der Waals surface area contributed by atoms with Crippen LogP contribution in [0, 0.1) is 18.8 Å². The number of aliphatic hydroxyl groups is 1. The first-order chi connectivity index (χ1) is 16.3. The van der Waals surface area contributed by atoms with Crippen molar-refractivity contribution in [3.05, 3.63) is 47.8 Å². The number of rotatable bonds is 1. The summed E-state index contributed by atoms with van der Waals surface area (Å²) in [5, 5.41) is 18.4. The van der Waals surface area contributed by atoms with Crippen molar-refractivity contribution in [3.63, 3.8) is 0 Å². The third kappa shape index (κ3) is 5.64. The summed E-state index contributed by atoms with van der Waals surface area (Å²) in [5.41, 5.74) is 7.33. The maximum Gasteiger partial charge on any atom is 0.490 e. The molecule has 3 aromatic rings. The normalized spacial score (nSPS) is 17.4. The first kappa shape index (κ1) is 25.4. The molecule has 1 amide bonds. The Morgan fingerprint density at radius 1 is 1.26 bits per heavy atom. The van der Waals surface area contributed by atoms with Crippen molar-refractivity contribution in [1.29, 1.82) is 0 Å². The van der Waals surface area contributed by atoms with Crippen LogP contribution in [0.4, 0.5) is 19.0 Å². The van der Waals surface area contributed by atoms with Gasteiger partial charge in [-0.05, 0) is 24.6 Å². The second kappa shape index (κ2) is 9.55. The topological polar surface area (TPSA) is 143 Å². The summed E-state index contributed by atoms with van der Waals surface area (Å²) < 4.78 is 31.7. The zero-order valence-corrected chi connectivity index (χ0v) is 18.6. The number of fused-ring (bicyclic) bond motifs is 1. The minimum absolute atomic E-state index is 0.300. The van der Waals surface area contributed by atoms with E-state index in [0.717, 1.165) is 16.5 Å². The van der Waals surface area contributed by atoms with Gasteiger partial charge in [-0.2, -0.15) is 13.2 Å². The number of alkyl halides is 3. The number of aliphatic carboxylic acids is 1. The molecular formula is C23H20F3N5O4. The SMILES string of the molecule is Cc1cnc(N)c2nc(-c3cccc(C#C[C@]4(O)CCN(C)C4=O)c3)ncc12.O=C(O)C(F)(F)F. The lowest BCUT2D eigenvalue weighted by molar-refractivity contribution is -0.192. The molecule has 1 saturated heterocycles. The van der Waals surface area contributed by atoms with Gasteiger partial charge in [-0.1, -0.05) is 24.0 Å². The number of aryl methyl sites for hydroxylation is 1. The van der Waals surface area contributed by atoms with Crippen LogP contribution in [0.25, 0.3) is 22.3 Å². The van der Waals surface area contributed by atoms with Crippen LogP contribution in [0.3, 0.4) is 0 Å². The smallest absolute Gasteiger partial charge is 0.475 e. The van der Waals surface area contributed by atoms with Crippen molar-refractivity contribution in [1.82, 2.24) is 19.9 Å². The highest BCUT2D eigenvalue weighted by molar-refractivity contribution is 5.91. The molecule has 1 aliphatic rings. The highest BCUT2D eigenvalue weighted by atomic mass is 19.4. The van der Waals surface area contributed by atoms with E-state index < -0.39 is 17.7 Å². The molecule has 0 bridgehead atoms. The fourth-order valence-electron chi connectivity index (χ4n) is 3.18. The third-order valence-electron chi connectivity index (χ3n) is 5.14. The van der Waals surface area contributed by atoms with E-state index in [2.05, 4.69) is 26.8 Å². The number of nitrogens with zero attached hydrogens (tertiary/aromatic N) is 4. The van der Waals surface area contributed by atoms with Gasteiger partial charge in [0.15, 0.2) is 5.82 Å². The lowest BCUT2D eigenvalue weighted by Crippen LogP contribution is -2.37. The Morgan fingerprint density at radius 3 is 2.54 bits per heavy atom. The molecule has 0 aliphatic carbocycles. The van der Waals surface area contributed by atoms with E-state index in [1.54, 1.807) is 19.4 Å². The van der Waals surface area contributed by atoms with E-state index >= 15 is 0 Å². The Kier molecular flexibility index (Phi) is 6.93. The average molecular weight is 487 g/mol. The maximum absolute atomic E-state index is 12.1. The quantitative estimate of drug-likeness (QED) is 0.443. The fraction of sp³-hybridized carbons (Fsp3) is 0.261. The summed E-state index contributed by atoms with van der Waals surface area (Å²) in [5.74, 6) is 3.36. The Morgan fingerprint density at radius 2 is 1.94 bits per heavy atom. The minimum Gasteiger partial charge on any atom is -0.475 e. The van der Waals surface area contributed by atoms with Crippen molar-refractivity contribution >= 4 is 28.6 Å². The third-order valence-corrected chi connectivity index (χ3v) is 5.14. The number of nitrogens with two attached hydrogens (primary N) is 1. The molecule has 0 spiro atoms. The molecule has 0 saturated carbocycles. The van der Waals surface area contributed by atoms with Crippen LogP contribution in [0.5, 0.6) is 0 Å². The number of benzene rings is 1. The number of aromatic nitrogens is 3. The summed E-state index contributed by atoms with van der Waals surface area (Å²) >= 11 is 0. The van der Waals surface area contributed by atoms with Gasteiger partial charge in [0.25, 0.3) is 5.91 Å². The van der Waals surface area contributed by atoms with Gasteiger partial charge in [0.05, 0.1) is 0 Å². The first-order valence-corrected chi connectivity index (χ1v) is 10.1. The molecule has 4 N–H and O–H groups in total. The molecule has 0 unspecified atom stereocenters. The Hall–Kier alpha value is -4.24. The standard InChI is InChI=1S/C21H19N5O2.C2HF3O2/c1-13-11-23-18(22)17-16(13)12-24-19(25-17)15-5-3-4-14(10-15)6-7-21(28)8-9-26(2)20(21)27;3-2(4,5)1(6)7/h3-5,10-12,28H,8-9H2,1-2H3,(H2,22,23);(H,6,7)/t21-;/m0./s1. The van der Waals surface area contributed by atoms with E-state index in [0.29, 0.717) is 35.7 Å². The van der Waals surface area contributed by atoms with Crippen LogP contribution in [0.1, 0.15) is 17.5 Å². The Balaban J connectivity index is 0.000000429. The number of carboxylic acid groups (broad SMARTS) is 1. The second-order valence-electron chi connectivity index (χ2n) is 7.75. The van der Waals surface area contributed by atoms with E-state index in [-0.39, 0.29) is 5.91 Å². The number of anilines is 1. The number of halogens is 3. The molecule has 0 radical (unpaired) electrons. The lowest BCUT2D eigenvalue weighted by Gasteiger charge is -2.13. The number of carbonyl (C=O) groups excluding carboxylic acids is 1. The summed E-state index contributed by atoms with van der Waals surface area (Å²) in [6.45, 7) is 2.42. The number of hydrogen-bond acceptors (Lipinski definition) is 7. The van der Waals surface area contributed by atoms with Crippen molar-refractivity contribution in [3.8, 4) is 23.2 Å². The van der Waals surface area contributed by atoms with Crippen LogP contribution in [0.2, 0.25) is 0 Å².